The molecule has 28 heavy (non-hydrogen) atoms. The third-order valence-electron chi connectivity index (χ3n) is 4.34. The molecule has 0 aliphatic rings. The molecular formula is C21H19F3N2O2. The van der Waals surface area contributed by atoms with Gasteiger partial charge in [-0.15, -0.1) is 0 Å². The maximum Gasteiger partial charge on any atom is 0.416 e. The van der Waals surface area contributed by atoms with Crippen molar-refractivity contribution in [3.05, 3.63) is 95.3 Å². The number of nitrogens with one attached hydrogen (secondary N) is 1. The lowest BCUT2D eigenvalue weighted by Gasteiger charge is -2.18. The van der Waals surface area contributed by atoms with Crippen LogP contribution in [0.5, 0.6) is 0 Å². The SMILES string of the molecule is O=C(NCC(O)c1ccccc1C(F)(F)F)c1cccn1Cc1ccccc1. The number of halogens is 3. The van der Waals surface area contributed by atoms with Gasteiger partial charge in [0.25, 0.3) is 5.91 Å². The number of benzene rings is 2. The predicted octanol–water partition coefficient (Wildman–Crippen LogP) is 4.02. The molecule has 0 aliphatic heterocycles. The number of amides is 1. The summed E-state index contributed by atoms with van der Waals surface area (Å²) in [6.45, 7) is 0.151. The maximum absolute atomic E-state index is 13.1. The molecule has 3 aromatic rings. The van der Waals surface area contributed by atoms with E-state index in [-0.39, 0.29) is 12.1 Å². The standard InChI is InChI=1S/C21H19F3N2O2/c22-21(23,24)17-10-5-4-9-16(17)19(27)13-25-20(28)18-11-6-12-26(18)14-15-7-2-1-3-8-15/h1-12,19,27H,13-14H2,(H,25,28). The summed E-state index contributed by atoms with van der Waals surface area (Å²) in [7, 11) is 0. The lowest BCUT2D eigenvalue weighted by Crippen LogP contribution is -2.30. The highest BCUT2D eigenvalue weighted by Gasteiger charge is 2.34. The summed E-state index contributed by atoms with van der Waals surface area (Å²) < 4.78 is 41.0. The lowest BCUT2D eigenvalue weighted by atomic mass is 10.0. The third kappa shape index (κ3) is 4.61. The van der Waals surface area contributed by atoms with Gasteiger partial charge in [0, 0.05) is 19.3 Å². The van der Waals surface area contributed by atoms with Crippen LogP contribution in [0.2, 0.25) is 0 Å². The minimum atomic E-state index is -4.58. The Labute approximate surface area is 160 Å². The fraction of sp³-hybridized carbons (Fsp3) is 0.190. The average Bonchev–Trinajstić information content (AvgIpc) is 3.14. The summed E-state index contributed by atoms with van der Waals surface area (Å²) in [5, 5.41) is 12.7. The van der Waals surface area contributed by atoms with Crippen molar-refractivity contribution in [3.63, 3.8) is 0 Å². The van der Waals surface area contributed by atoms with Crippen LogP contribution in [0.1, 0.15) is 33.3 Å². The Morgan fingerprint density at radius 1 is 1.00 bits per heavy atom. The molecular weight excluding hydrogens is 369 g/mol. The van der Waals surface area contributed by atoms with Crippen molar-refractivity contribution in [1.29, 1.82) is 0 Å². The van der Waals surface area contributed by atoms with Gasteiger partial charge in [0.15, 0.2) is 0 Å². The number of carbonyl (C=O) groups is 1. The number of hydrogen-bond donors (Lipinski definition) is 2. The topological polar surface area (TPSA) is 54.3 Å². The minimum absolute atomic E-state index is 0.269. The molecule has 2 N–H and O–H groups in total. The van der Waals surface area contributed by atoms with Gasteiger partial charge in [-0.25, -0.2) is 0 Å². The predicted molar refractivity (Wildman–Crippen MR) is 98.7 cm³/mol. The number of rotatable bonds is 6. The maximum atomic E-state index is 13.1. The first-order valence-electron chi connectivity index (χ1n) is 8.67. The number of aromatic nitrogens is 1. The van der Waals surface area contributed by atoms with Crippen molar-refractivity contribution in [2.75, 3.05) is 6.54 Å². The molecule has 0 spiro atoms. The highest BCUT2D eigenvalue weighted by molar-refractivity contribution is 5.92. The van der Waals surface area contributed by atoms with Crippen LogP contribution in [0, 0.1) is 0 Å². The Hall–Kier alpha value is -3.06. The molecule has 146 valence electrons. The van der Waals surface area contributed by atoms with Crippen LogP contribution in [0.4, 0.5) is 13.2 Å². The summed E-state index contributed by atoms with van der Waals surface area (Å²) in [6.07, 6.45) is -4.30. The molecule has 0 bridgehead atoms. The molecule has 0 saturated heterocycles. The highest BCUT2D eigenvalue weighted by atomic mass is 19.4. The third-order valence-corrected chi connectivity index (χ3v) is 4.34. The van der Waals surface area contributed by atoms with Crippen LogP contribution in [-0.2, 0) is 12.7 Å². The summed E-state index contributed by atoms with van der Waals surface area (Å²) in [5.41, 5.74) is 0.186. The lowest BCUT2D eigenvalue weighted by molar-refractivity contribution is -0.139. The van der Waals surface area contributed by atoms with Gasteiger partial charge in [-0.3, -0.25) is 4.79 Å². The second-order valence-electron chi connectivity index (χ2n) is 6.32. The molecule has 1 atom stereocenters. The molecule has 2 aromatic carbocycles. The molecule has 1 aromatic heterocycles. The summed E-state index contributed by atoms with van der Waals surface area (Å²) >= 11 is 0. The minimum Gasteiger partial charge on any atom is -0.387 e. The van der Waals surface area contributed by atoms with E-state index < -0.39 is 23.8 Å². The van der Waals surface area contributed by atoms with E-state index >= 15 is 0 Å². The number of carbonyl (C=O) groups excluding carboxylic acids is 1. The molecule has 4 nitrogen and oxygen atoms in total. The van der Waals surface area contributed by atoms with Crippen molar-refractivity contribution < 1.29 is 23.1 Å². The number of nitrogens with zero attached hydrogens (tertiary/aromatic N) is 1. The highest BCUT2D eigenvalue weighted by Crippen LogP contribution is 2.34. The zero-order chi connectivity index (χ0) is 20.1. The zero-order valence-electron chi connectivity index (χ0n) is 14.9. The quantitative estimate of drug-likeness (QED) is 0.670. The van der Waals surface area contributed by atoms with Gasteiger partial charge in [0.1, 0.15) is 5.69 Å². The molecule has 0 radical (unpaired) electrons. The van der Waals surface area contributed by atoms with Crippen LogP contribution in [0.25, 0.3) is 0 Å². The Kier molecular flexibility index (Phi) is 5.84. The van der Waals surface area contributed by atoms with Gasteiger partial charge in [-0.05, 0) is 29.3 Å². The molecule has 1 unspecified atom stereocenters. The first-order chi connectivity index (χ1) is 13.4. The van der Waals surface area contributed by atoms with Crippen molar-refractivity contribution in [1.82, 2.24) is 9.88 Å². The molecule has 7 heteroatoms. The van der Waals surface area contributed by atoms with Gasteiger partial charge in [-0.2, -0.15) is 13.2 Å². The van der Waals surface area contributed by atoms with Crippen molar-refractivity contribution in [2.24, 2.45) is 0 Å². The smallest absolute Gasteiger partial charge is 0.387 e. The molecule has 0 saturated carbocycles. The Morgan fingerprint density at radius 3 is 2.39 bits per heavy atom. The van der Waals surface area contributed by atoms with Gasteiger partial charge in [0.05, 0.1) is 11.7 Å². The summed E-state index contributed by atoms with van der Waals surface area (Å²) in [4.78, 5) is 12.5. The molecule has 0 fully saturated rings. The Balaban J connectivity index is 1.68. The second-order valence-corrected chi connectivity index (χ2v) is 6.32. The van der Waals surface area contributed by atoms with Gasteiger partial charge in [-0.1, -0.05) is 48.5 Å². The van der Waals surface area contributed by atoms with Crippen molar-refractivity contribution >= 4 is 5.91 Å². The second kappa shape index (κ2) is 8.31. The molecule has 1 heterocycles. The first kappa shape index (κ1) is 19.7. The average molecular weight is 388 g/mol. The van der Waals surface area contributed by atoms with Crippen molar-refractivity contribution in [3.8, 4) is 0 Å². The van der Waals surface area contributed by atoms with E-state index in [0.29, 0.717) is 12.2 Å². The van der Waals surface area contributed by atoms with E-state index in [1.54, 1.807) is 22.9 Å². The fourth-order valence-corrected chi connectivity index (χ4v) is 2.97. The summed E-state index contributed by atoms with van der Waals surface area (Å²) in [6, 6.07) is 17.7. The molecule has 1 amide bonds. The molecule has 0 aliphatic carbocycles. The monoisotopic (exact) mass is 388 g/mol. The van der Waals surface area contributed by atoms with Crippen LogP contribution >= 0.6 is 0 Å². The van der Waals surface area contributed by atoms with Gasteiger partial charge in [0.2, 0.25) is 0 Å². The van der Waals surface area contributed by atoms with E-state index in [4.69, 9.17) is 0 Å². The first-order valence-corrected chi connectivity index (χ1v) is 8.67. The van der Waals surface area contributed by atoms with E-state index in [2.05, 4.69) is 5.32 Å². The number of hydrogen-bond acceptors (Lipinski definition) is 2. The zero-order valence-corrected chi connectivity index (χ0v) is 14.9. The largest absolute Gasteiger partial charge is 0.416 e. The number of alkyl halides is 3. The number of aliphatic hydroxyl groups is 1. The van der Waals surface area contributed by atoms with E-state index in [9.17, 15) is 23.1 Å². The van der Waals surface area contributed by atoms with Crippen LogP contribution < -0.4 is 5.32 Å². The Morgan fingerprint density at radius 2 is 1.68 bits per heavy atom. The van der Waals surface area contributed by atoms with Crippen LogP contribution in [-0.4, -0.2) is 22.1 Å². The van der Waals surface area contributed by atoms with Gasteiger partial charge >= 0.3 is 6.18 Å². The van der Waals surface area contributed by atoms with Crippen LogP contribution in [0.3, 0.4) is 0 Å². The van der Waals surface area contributed by atoms with E-state index in [1.807, 2.05) is 30.3 Å². The van der Waals surface area contributed by atoms with E-state index in [1.165, 1.54) is 18.2 Å². The normalized spacial score (nSPS) is 12.6. The van der Waals surface area contributed by atoms with Crippen LogP contribution in [0.15, 0.2) is 72.9 Å². The number of aliphatic hydroxyl groups excluding tert-OH is 1. The van der Waals surface area contributed by atoms with Crippen molar-refractivity contribution in [2.45, 2.75) is 18.8 Å². The molecule has 3 rings (SSSR count). The summed E-state index contributed by atoms with van der Waals surface area (Å²) in [5.74, 6) is -0.468. The van der Waals surface area contributed by atoms with Gasteiger partial charge < -0.3 is 15.0 Å². The fourth-order valence-electron chi connectivity index (χ4n) is 2.97. The van der Waals surface area contributed by atoms with E-state index in [0.717, 1.165) is 11.6 Å². The Bertz CT molecular complexity index is 936.